The molecule has 0 saturated carbocycles. The number of aryl methyl sites for hydroxylation is 1. The molecule has 18 heavy (non-hydrogen) atoms. The molecule has 0 aromatic carbocycles. The van der Waals surface area contributed by atoms with E-state index in [0.717, 1.165) is 30.6 Å². The molecule has 0 unspecified atom stereocenters. The van der Waals surface area contributed by atoms with Crippen molar-refractivity contribution in [3.63, 3.8) is 0 Å². The maximum Gasteiger partial charge on any atom is 0.0967 e. The fourth-order valence-corrected chi connectivity index (χ4v) is 2.36. The summed E-state index contributed by atoms with van der Waals surface area (Å²) < 4.78 is 1.99. The molecule has 0 aliphatic carbocycles. The van der Waals surface area contributed by atoms with Gasteiger partial charge in [0.05, 0.1) is 5.69 Å². The Morgan fingerprint density at radius 2 is 2.06 bits per heavy atom. The summed E-state index contributed by atoms with van der Waals surface area (Å²) in [7, 11) is 0. The van der Waals surface area contributed by atoms with Gasteiger partial charge in [-0.15, -0.1) is 5.10 Å². The van der Waals surface area contributed by atoms with Gasteiger partial charge in [-0.1, -0.05) is 26.0 Å². The molecule has 2 rings (SSSR count). The lowest BCUT2D eigenvalue weighted by atomic mass is 9.99. The average molecular weight is 250 g/mol. The second-order valence-corrected chi connectivity index (χ2v) is 6.11. The molecule has 1 saturated heterocycles. The number of piperidine rings is 1. The van der Waals surface area contributed by atoms with Gasteiger partial charge in [-0.05, 0) is 44.2 Å². The lowest BCUT2D eigenvalue weighted by molar-refractivity contribution is 0.183. The van der Waals surface area contributed by atoms with Gasteiger partial charge in [0.2, 0.25) is 0 Å². The number of nitrogens with zero attached hydrogens (tertiary/aromatic N) is 4. The summed E-state index contributed by atoms with van der Waals surface area (Å²) in [6, 6.07) is 0. The Bertz CT molecular complexity index is 350. The average Bonchev–Trinajstić information content (AvgIpc) is 2.77. The third-order valence-electron chi connectivity index (χ3n) is 3.78. The van der Waals surface area contributed by atoms with Gasteiger partial charge in [0.25, 0.3) is 0 Å². The molecule has 4 heteroatoms. The molecule has 0 spiro atoms. The van der Waals surface area contributed by atoms with E-state index < -0.39 is 0 Å². The van der Waals surface area contributed by atoms with Crippen molar-refractivity contribution in [3.8, 4) is 0 Å². The highest BCUT2D eigenvalue weighted by Gasteiger charge is 2.16. The van der Waals surface area contributed by atoms with Crippen LogP contribution in [0.1, 0.15) is 45.7 Å². The molecule has 102 valence electrons. The normalized spacial score (nSPS) is 18.7. The van der Waals surface area contributed by atoms with Crippen LogP contribution in [0, 0.1) is 11.8 Å². The summed E-state index contributed by atoms with van der Waals surface area (Å²) in [5.74, 6) is 1.62. The van der Waals surface area contributed by atoms with E-state index in [-0.39, 0.29) is 0 Å². The van der Waals surface area contributed by atoms with Gasteiger partial charge in [0, 0.05) is 19.3 Å². The highest BCUT2D eigenvalue weighted by Crippen LogP contribution is 2.17. The fraction of sp³-hybridized carbons (Fsp3) is 0.857. The Labute approximate surface area is 110 Å². The number of likely N-dealkylation sites (tertiary alicyclic amines) is 1. The number of hydrogen-bond acceptors (Lipinski definition) is 3. The zero-order chi connectivity index (χ0) is 13.0. The zero-order valence-electron chi connectivity index (χ0n) is 12.0. The van der Waals surface area contributed by atoms with E-state index in [2.05, 4.69) is 42.2 Å². The molecular weight excluding hydrogens is 224 g/mol. The number of rotatable bonds is 5. The zero-order valence-corrected chi connectivity index (χ0v) is 12.0. The van der Waals surface area contributed by atoms with Crippen LogP contribution in [-0.4, -0.2) is 33.0 Å². The Kier molecular flexibility index (Phi) is 4.75. The largest absolute Gasteiger partial charge is 0.297 e. The van der Waals surface area contributed by atoms with Gasteiger partial charge in [-0.2, -0.15) is 0 Å². The van der Waals surface area contributed by atoms with Crippen LogP contribution in [-0.2, 0) is 13.1 Å². The van der Waals surface area contributed by atoms with E-state index in [4.69, 9.17) is 0 Å². The minimum absolute atomic E-state index is 0.723. The summed E-state index contributed by atoms with van der Waals surface area (Å²) in [4.78, 5) is 2.50. The molecule has 0 N–H and O–H groups in total. The Hall–Kier alpha value is -0.900. The molecule has 1 fully saturated rings. The summed E-state index contributed by atoms with van der Waals surface area (Å²) in [5, 5.41) is 8.49. The topological polar surface area (TPSA) is 34.0 Å². The lowest BCUT2D eigenvalue weighted by Gasteiger charge is -2.29. The Morgan fingerprint density at radius 3 is 2.72 bits per heavy atom. The predicted octanol–water partition coefficient (Wildman–Crippen LogP) is 2.56. The molecule has 1 aromatic rings. The molecule has 1 aliphatic heterocycles. The molecule has 0 bridgehead atoms. The minimum Gasteiger partial charge on any atom is -0.297 e. The lowest BCUT2D eigenvalue weighted by Crippen LogP contribution is -2.32. The third kappa shape index (κ3) is 4.09. The molecular formula is C14H26N4. The van der Waals surface area contributed by atoms with Crippen molar-refractivity contribution < 1.29 is 0 Å². The van der Waals surface area contributed by atoms with E-state index in [1.165, 1.54) is 32.4 Å². The molecule has 2 heterocycles. The van der Waals surface area contributed by atoms with Crippen LogP contribution in [0.2, 0.25) is 0 Å². The second-order valence-electron chi connectivity index (χ2n) is 6.11. The monoisotopic (exact) mass is 250 g/mol. The maximum atomic E-state index is 4.28. The summed E-state index contributed by atoms with van der Waals surface area (Å²) in [6.07, 6.45) is 5.92. The first kappa shape index (κ1) is 13.5. The molecule has 0 atom stereocenters. The first-order valence-electron chi connectivity index (χ1n) is 7.25. The van der Waals surface area contributed by atoms with Crippen molar-refractivity contribution in [3.05, 3.63) is 11.9 Å². The molecule has 0 amide bonds. The van der Waals surface area contributed by atoms with Crippen molar-refractivity contribution in [1.82, 2.24) is 19.9 Å². The summed E-state index contributed by atoms with van der Waals surface area (Å²) >= 11 is 0. The van der Waals surface area contributed by atoms with Gasteiger partial charge in [-0.3, -0.25) is 9.58 Å². The smallest absolute Gasteiger partial charge is 0.0967 e. The van der Waals surface area contributed by atoms with Crippen molar-refractivity contribution in [2.24, 2.45) is 11.8 Å². The van der Waals surface area contributed by atoms with Crippen LogP contribution in [0.25, 0.3) is 0 Å². The molecule has 1 aromatic heterocycles. The van der Waals surface area contributed by atoms with Crippen LogP contribution in [0.5, 0.6) is 0 Å². The highest BCUT2D eigenvalue weighted by atomic mass is 15.4. The first-order valence-corrected chi connectivity index (χ1v) is 7.25. The highest BCUT2D eigenvalue weighted by molar-refractivity contribution is 4.92. The molecule has 4 nitrogen and oxygen atoms in total. The van der Waals surface area contributed by atoms with Crippen molar-refractivity contribution in [1.29, 1.82) is 0 Å². The van der Waals surface area contributed by atoms with Crippen LogP contribution in [0.3, 0.4) is 0 Å². The van der Waals surface area contributed by atoms with Crippen molar-refractivity contribution in [2.75, 3.05) is 13.1 Å². The Morgan fingerprint density at radius 1 is 1.33 bits per heavy atom. The number of aromatic nitrogens is 3. The standard InChI is InChI=1S/C14H26N4/c1-12(2)4-9-18-11-14(15-16-18)10-17-7-5-13(3)6-8-17/h11-13H,4-10H2,1-3H3. The van der Waals surface area contributed by atoms with E-state index in [1.807, 2.05) is 4.68 Å². The van der Waals surface area contributed by atoms with E-state index in [1.54, 1.807) is 0 Å². The molecule has 1 aliphatic rings. The van der Waals surface area contributed by atoms with Gasteiger partial charge in [-0.25, -0.2) is 0 Å². The van der Waals surface area contributed by atoms with Crippen LogP contribution in [0.15, 0.2) is 6.20 Å². The van der Waals surface area contributed by atoms with E-state index in [0.29, 0.717) is 0 Å². The predicted molar refractivity (Wildman–Crippen MR) is 73.2 cm³/mol. The van der Waals surface area contributed by atoms with Crippen molar-refractivity contribution >= 4 is 0 Å². The summed E-state index contributed by atoms with van der Waals surface area (Å²) in [5.41, 5.74) is 1.12. The van der Waals surface area contributed by atoms with Crippen LogP contribution < -0.4 is 0 Å². The van der Waals surface area contributed by atoms with Crippen LogP contribution in [0.4, 0.5) is 0 Å². The quantitative estimate of drug-likeness (QED) is 0.805. The van der Waals surface area contributed by atoms with Gasteiger partial charge >= 0.3 is 0 Å². The minimum atomic E-state index is 0.723. The van der Waals surface area contributed by atoms with Gasteiger partial charge in [0.15, 0.2) is 0 Å². The number of hydrogen-bond donors (Lipinski definition) is 0. The molecule has 0 radical (unpaired) electrons. The summed E-state index contributed by atoms with van der Waals surface area (Å²) in [6.45, 7) is 11.2. The second kappa shape index (κ2) is 6.32. The Balaban J connectivity index is 1.79. The van der Waals surface area contributed by atoms with Crippen molar-refractivity contribution in [2.45, 2.75) is 53.1 Å². The van der Waals surface area contributed by atoms with Crippen LogP contribution >= 0.6 is 0 Å². The first-order chi connectivity index (χ1) is 8.63. The van der Waals surface area contributed by atoms with E-state index >= 15 is 0 Å². The van der Waals surface area contributed by atoms with Gasteiger partial charge < -0.3 is 0 Å². The SMILES string of the molecule is CC(C)CCn1cc(CN2CCC(C)CC2)nn1. The fourth-order valence-electron chi connectivity index (χ4n) is 2.36. The maximum absolute atomic E-state index is 4.28. The van der Waals surface area contributed by atoms with Gasteiger partial charge in [0.1, 0.15) is 0 Å². The third-order valence-corrected chi connectivity index (χ3v) is 3.78. The van der Waals surface area contributed by atoms with E-state index in [9.17, 15) is 0 Å².